The zero-order valence-electron chi connectivity index (χ0n) is 11.1. The standard InChI is InChI=1S/C15H11F2N3O/c1-8-15(20-13-5-3-2-4-12(13)19-8)21-14-7-9(16)11(18)6-10(14)17/h2-7H,18H2,1H3. The van der Waals surface area contributed by atoms with Gasteiger partial charge in [0.05, 0.1) is 16.7 Å². The number of benzene rings is 2. The molecule has 6 heteroatoms. The van der Waals surface area contributed by atoms with Crippen LogP contribution in [0.4, 0.5) is 14.5 Å². The van der Waals surface area contributed by atoms with Crippen LogP contribution >= 0.6 is 0 Å². The van der Waals surface area contributed by atoms with Gasteiger partial charge in [0.15, 0.2) is 11.6 Å². The Hall–Kier alpha value is -2.76. The van der Waals surface area contributed by atoms with Gasteiger partial charge in [-0.05, 0) is 19.1 Å². The third kappa shape index (κ3) is 2.47. The predicted octanol–water partition coefficient (Wildman–Crippen LogP) is 3.59. The molecule has 0 fully saturated rings. The summed E-state index contributed by atoms with van der Waals surface area (Å²) in [6, 6.07) is 8.97. The van der Waals surface area contributed by atoms with Crippen molar-refractivity contribution in [3.63, 3.8) is 0 Å². The lowest BCUT2D eigenvalue weighted by molar-refractivity contribution is 0.419. The van der Waals surface area contributed by atoms with Crippen LogP contribution in [-0.2, 0) is 0 Å². The predicted molar refractivity (Wildman–Crippen MR) is 75.1 cm³/mol. The number of nitrogens with zero attached hydrogens (tertiary/aromatic N) is 2. The van der Waals surface area contributed by atoms with Crippen molar-refractivity contribution in [2.75, 3.05) is 5.73 Å². The Bertz CT molecular complexity index is 837. The highest BCUT2D eigenvalue weighted by atomic mass is 19.1. The van der Waals surface area contributed by atoms with Crippen LogP contribution in [0.5, 0.6) is 11.6 Å². The van der Waals surface area contributed by atoms with Crippen LogP contribution in [0.2, 0.25) is 0 Å². The molecule has 0 aliphatic rings. The van der Waals surface area contributed by atoms with Crippen molar-refractivity contribution in [1.29, 1.82) is 0 Å². The molecule has 1 aromatic heterocycles. The van der Waals surface area contributed by atoms with Gasteiger partial charge in [-0.25, -0.2) is 18.7 Å². The third-order valence-corrected chi connectivity index (χ3v) is 2.96. The minimum absolute atomic E-state index is 0.122. The molecule has 21 heavy (non-hydrogen) atoms. The van der Waals surface area contributed by atoms with E-state index in [4.69, 9.17) is 10.5 Å². The molecule has 0 bridgehead atoms. The van der Waals surface area contributed by atoms with Crippen molar-refractivity contribution in [3.8, 4) is 11.6 Å². The summed E-state index contributed by atoms with van der Waals surface area (Å²) in [7, 11) is 0. The Kier molecular flexibility index (Phi) is 3.13. The highest BCUT2D eigenvalue weighted by Crippen LogP contribution is 2.29. The maximum Gasteiger partial charge on any atom is 0.241 e. The molecule has 3 aromatic rings. The van der Waals surface area contributed by atoms with Crippen LogP contribution in [0, 0.1) is 18.6 Å². The minimum atomic E-state index is -0.761. The largest absolute Gasteiger partial charge is 0.434 e. The first kappa shape index (κ1) is 13.2. The van der Waals surface area contributed by atoms with Crippen molar-refractivity contribution in [2.24, 2.45) is 0 Å². The number of hydrogen-bond donors (Lipinski definition) is 1. The number of nitrogens with two attached hydrogens (primary N) is 1. The van der Waals surface area contributed by atoms with E-state index in [-0.39, 0.29) is 17.3 Å². The number of rotatable bonds is 2. The molecule has 3 rings (SSSR count). The lowest BCUT2D eigenvalue weighted by Crippen LogP contribution is -1.99. The van der Waals surface area contributed by atoms with Crippen LogP contribution in [-0.4, -0.2) is 9.97 Å². The molecule has 0 radical (unpaired) electrons. The molecule has 106 valence electrons. The Labute approximate surface area is 119 Å². The van der Waals surface area contributed by atoms with Gasteiger partial charge in [-0.1, -0.05) is 12.1 Å². The molecule has 0 atom stereocenters. The number of aromatic nitrogens is 2. The van der Waals surface area contributed by atoms with E-state index in [2.05, 4.69) is 9.97 Å². The lowest BCUT2D eigenvalue weighted by Gasteiger charge is -2.10. The monoisotopic (exact) mass is 287 g/mol. The summed E-state index contributed by atoms with van der Waals surface area (Å²) in [4.78, 5) is 8.57. The van der Waals surface area contributed by atoms with E-state index in [1.165, 1.54) is 0 Å². The van der Waals surface area contributed by atoms with Gasteiger partial charge in [-0.2, -0.15) is 0 Å². The number of ether oxygens (including phenoxy) is 1. The van der Waals surface area contributed by atoms with Crippen LogP contribution in [0.25, 0.3) is 11.0 Å². The van der Waals surface area contributed by atoms with Gasteiger partial charge in [0.25, 0.3) is 0 Å². The van der Waals surface area contributed by atoms with E-state index in [0.717, 1.165) is 12.1 Å². The normalized spacial score (nSPS) is 10.8. The summed E-state index contributed by atoms with van der Waals surface area (Å²) in [5.74, 6) is -1.67. The van der Waals surface area contributed by atoms with Crippen LogP contribution < -0.4 is 10.5 Å². The van der Waals surface area contributed by atoms with E-state index in [0.29, 0.717) is 16.7 Å². The molecule has 0 saturated heterocycles. The van der Waals surface area contributed by atoms with Gasteiger partial charge < -0.3 is 10.5 Å². The van der Waals surface area contributed by atoms with Gasteiger partial charge in [0, 0.05) is 12.1 Å². The van der Waals surface area contributed by atoms with Crippen molar-refractivity contribution in [1.82, 2.24) is 9.97 Å². The maximum absolute atomic E-state index is 13.7. The summed E-state index contributed by atoms with van der Waals surface area (Å²) in [6.45, 7) is 1.68. The summed E-state index contributed by atoms with van der Waals surface area (Å²) >= 11 is 0. The molecular formula is C15H11F2N3O. The molecule has 0 spiro atoms. The summed E-state index contributed by atoms with van der Waals surface area (Å²) in [6.07, 6.45) is 0. The van der Waals surface area contributed by atoms with Crippen molar-refractivity contribution >= 4 is 16.7 Å². The lowest BCUT2D eigenvalue weighted by atomic mass is 10.2. The zero-order valence-corrected chi connectivity index (χ0v) is 11.1. The second-order valence-corrected chi connectivity index (χ2v) is 4.51. The Morgan fingerprint density at radius 3 is 2.38 bits per heavy atom. The zero-order chi connectivity index (χ0) is 15.0. The van der Waals surface area contributed by atoms with Gasteiger partial charge in [-0.15, -0.1) is 0 Å². The number of anilines is 1. The fourth-order valence-electron chi connectivity index (χ4n) is 1.90. The number of fused-ring (bicyclic) bond motifs is 1. The SMILES string of the molecule is Cc1nc2ccccc2nc1Oc1cc(F)c(N)cc1F. The molecule has 0 unspecified atom stereocenters. The van der Waals surface area contributed by atoms with Gasteiger partial charge in [0.1, 0.15) is 11.5 Å². The van der Waals surface area contributed by atoms with Crippen LogP contribution in [0.1, 0.15) is 5.69 Å². The first-order chi connectivity index (χ1) is 10.0. The van der Waals surface area contributed by atoms with Gasteiger partial charge >= 0.3 is 0 Å². The summed E-state index contributed by atoms with van der Waals surface area (Å²) < 4.78 is 32.5. The van der Waals surface area contributed by atoms with Crippen LogP contribution in [0.15, 0.2) is 36.4 Å². The van der Waals surface area contributed by atoms with E-state index >= 15 is 0 Å². The quantitative estimate of drug-likeness (QED) is 0.732. The fourth-order valence-corrected chi connectivity index (χ4v) is 1.90. The van der Waals surface area contributed by atoms with E-state index in [1.54, 1.807) is 19.1 Å². The highest BCUT2D eigenvalue weighted by Gasteiger charge is 2.13. The third-order valence-electron chi connectivity index (χ3n) is 2.96. The number of aryl methyl sites for hydroxylation is 1. The molecule has 2 N–H and O–H groups in total. The van der Waals surface area contributed by atoms with E-state index in [9.17, 15) is 8.78 Å². The molecule has 4 nitrogen and oxygen atoms in total. The topological polar surface area (TPSA) is 61.0 Å². The average Bonchev–Trinajstić information content (AvgIpc) is 2.45. The first-order valence-electron chi connectivity index (χ1n) is 6.20. The smallest absolute Gasteiger partial charge is 0.241 e. The maximum atomic E-state index is 13.7. The molecular weight excluding hydrogens is 276 g/mol. The van der Waals surface area contributed by atoms with Crippen molar-refractivity contribution in [2.45, 2.75) is 6.92 Å². The Balaban J connectivity index is 2.05. The second-order valence-electron chi connectivity index (χ2n) is 4.51. The summed E-state index contributed by atoms with van der Waals surface area (Å²) in [5.41, 5.74) is 6.80. The number of hydrogen-bond acceptors (Lipinski definition) is 4. The number of halogens is 2. The van der Waals surface area contributed by atoms with Crippen molar-refractivity contribution < 1.29 is 13.5 Å². The Morgan fingerprint density at radius 1 is 1.00 bits per heavy atom. The molecule has 0 amide bonds. The van der Waals surface area contributed by atoms with Gasteiger partial charge in [-0.3, -0.25) is 0 Å². The number of para-hydroxylation sites is 2. The Morgan fingerprint density at radius 2 is 1.67 bits per heavy atom. The number of nitrogen functional groups attached to an aromatic ring is 1. The fraction of sp³-hybridized carbons (Fsp3) is 0.0667. The average molecular weight is 287 g/mol. The van der Waals surface area contributed by atoms with Gasteiger partial charge in [0.2, 0.25) is 5.88 Å². The molecule has 2 aromatic carbocycles. The molecule has 0 aliphatic heterocycles. The highest BCUT2D eigenvalue weighted by molar-refractivity contribution is 5.74. The van der Waals surface area contributed by atoms with Crippen LogP contribution in [0.3, 0.4) is 0 Å². The first-order valence-corrected chi connectivity index (χ1v) is 6.20. The minimum Gasteiger partial charge on any atom is -0.434 e. The van der Waals surface area contributed by atoms with E-state index < -0.39 is 11.6 Å². The summed E-state index contributed by atoms with van der Waals surface area (Å²) in [5, 5.41) is 0. The van der Waals surface area contributed by atoms with E-state index in [1.807, 2.05) is 12.1 Å². The molecule has 0 saturated carbocycles. The van der Waals surface area contributed by atoms with Crippen molar-refractivity contribution in [3.05, 3.63) is 53.7 Å². The molecule has 0 aliphatic carbocycles. The molecule has 1 heterocycles. The second kappa shape index (κ2) is 4.97.